The van der Waals surface area contributed by atoms with E-state index in [0.29, 0.717) is 12.2 Å². The molecule has 2 aromatic rings. The Hall–Kier alpha value is -1.49. The van der Waals surface area contributed by atoms with E-state index < -0.39 is 0 Å². The smallest absolute Gasteiger partial charge is 0.140 e. The predicted octanol–water partition coefficient (Wildman–Crippen LogP) is 2.42. The lowest BCUT2D eigenvalue weighted by molar-refractivity contribution is -0.122. The van der Waals surface area contributed by atoms with Gasteiger partial charge < -0.3 is 4.90 Å². The van der Waals surface area contributed by atoms with Gasteiger partial charge in [-0.2, -0.15) is 0 Å². The average molecular weight is 261 g/mol. The van der Waals surface area contributed by atoms with Gasteiger partial charge in [-0.15, -0.1) is 11.3 Å². The lowest BCUT2D eigenvalue weighted by atomic mass is 9.98. The monoisotopic (exact) mass is 261 g/mol. The maximum absolute atomic E-state index is 11.6. The highest BCUT2D eigenvalue weighted by molar-refractivity contribution is 7.18. The molecule has 94 valence electrons. The quantitative estimate of drug-likeness (QED) is 0.791. The first-order valence-electron chi connectivity index (χ1n) is 6.14. The lowest BCUT2D eigenvalue weighted by Crippen LogP contribution is -2.40. The van der Waals surface area contributed by atoms with Crippen LogP contribution in [0.2, 0.25) is 0 Å². The third-order valence-corrected chi connectivity index (χ3v) is 4.36. The summed E-state index contributed by atoms with van der Waals surface area (Å²) in [5.41, 5.74) is 0. The molecule has 1 fully saturated rings. The fraction of sp³-hybridized carbons (Fsp3) is 0.462. The van der Waals surface area contributed by atoms with E-state index in [1.807, 2.05) is 6.92 Å². The summed E-state index contributed by atoms with van der Waals surface area (Å²) in [6.07, 6.45) is 2.24. The molecule has 0 aromatic carbocycles. The number of Topliss-reactive ketones (excluding diaryl/α,β-unsaturated/α-hetero) is 1. The van der Waals surface area contributed by atoms with Gasteiger partial charge in [0.05, 0.1) is 5.39 Å². The van der Waals surface area contributed by atoms with Crippen LogP contribution in [0.15, 0.2) is 12.4 Å². The minimum absolute atomic E-state index is 0.100. The van der Waals surface area contributed by atoms with Crippen LogP contribution in [-0.4, -0.2) is 28.8 Å². The van der Waals surface area contributed by atoms with Crippen molar-refractivity contribution in [1.29, 1.82) is 0 Å². The molecule has 18 heavy (non-hydrogen) atoms. The number of piperidine rings is 1. The Morgan fingerprint density at radius 3 is 3.06 bits per heavy atom. The normalized spacial score (nSPS) is 20.7. The van der Waals surface area contributed by atoms with Gasteiger partial charge in [0.15, 0.2) is 0 Å². The molecule has 1 aliphatic heterocycles. The van der Waals surface area contributed by atoms with Gasteiger partial charge in [-0.25, -0.2) is 9.97 Å². The minimum atomic E-state index is 0.100. The van der Waals surface area contributed by atoms with Crippen LogP contribution in [0.25, 0.3) is 10.2 Å². The zero-order chi connectivity index (χ0) is 12.7. The molecule has 0 spiro atoms. The van der Waals surface area contributed by atoms with Gasteiger partial charge in [0, 0.05) is 30.3 Å². The Bertz CT molecular complexity index is 607. The fourth-order valence-corrected chi connectivity index (χ4v) is 3.26. The van der Waals surface area contributed by atoms with Gasteiger partial charge in [0.25, 0.3) is 0 Å². The summed E-state index contributed by atoms with van der Waals surface area (Å²) in [5.74, 6) is 1.44. The van der Waals surface area contributed by atoms with E-state index in [4.69, 9.17) is 0 Å². The second-order valence-corrected chi connectivity index (χ2v) is 6.07. The number of hydrogen-bond acceptors (Lipinski definition) is 5. The van der Waals surface area contributed by atoms with Crippen molar-refractivity contribution in [3.05, 3.63) is 17.3 Å². The Labute approximate surface area is 110 Å². The number of thiophene rings is 1. The first-order valence-corrected chi connectivity index (χ1v) is 6.95. The van der Waals surface area contributed by atoms with Gasteiger partial charge in [0.2, 0.25) is 0 Å². The van der Waals surface area contributed by atoms with Crippen molar-refractivity contribution in [2.75, 3.05) is 18.0 Å². The van der Waals surface area contributed by atoms with Crippen molar-refractivity contribution < 1.29 is 4.79 Å². The van der Waals surface area contributed by atoms with Crippen LogP contribution in [0.5, 0.6) is 0 Å². The van der Waals surface area contributed by atoms with Gasteiger partial charge in [-0.3, -0.25) is 4.79 Å². The van der Waals surface area contributed by atoms with Crippen molar-refractivity contribution in [2.24, 2.45) is 5.92 Å². The second-order valence-electron chi connectivity index (χ2n) is 4.84. The maximum atomic E-state index is 11.6. The van der Waals surface area contributed by atoms with Crippen molar-refractivity contribution >= 4 is 33.2 Å². The summed E-state index contributed by atoms with van der Waals surface area (Å²) in [4.78, 5) is 24.8. The van der Waals surface area contributed by atoms with E-state index in [0.717, 1.165) is 29.1 Å². The molecular weight excluding hydrogens is 246 g/mol. The number of fused-ring (bicyclic) bond motifs is 1. The average Bonchev–Trinajstić information content (AvgIpc) is 2.72. The summed E-state index contributed by atoms with van der Waals surface area (Å²) in [5, 5.41) is 1.11. The number of ketones is 1. The maximum Gasteiger partial charge on any atom is 0.140 e. The summed E-state index contributed by atoms with van der Waals surface area (Å²) in [6.45, 7) is 5.61. The van der Waals surface area contributed by atoms with Crippen LogP contribution in [-0.2, 0) is 4.79 Å². The number of hydrogen-bond donors (Lipinski definition) is 0. The number of aryl methyl sites for hydroxylation is 1. The molecule has 0 N–H and O–H groups in total. The number of anilines is 1. The Balaban J connectivity index is 2.01. The number of nitrogens with zero attached hydrogens (tertiary/aromatic N) is 3. The molecule has 2 aromatic heterocycles. The van der Waals surface area contributed by atoms with E-state index in [1.54, 1.807) is 17.7 Å². The summed E-state index contributed by atoms with van der Waals surface area (Å²) in [6, 6.07) is 2.14. The highest BCUT2D eigenvalue weighted by atomic mass is 32.1. The molecule has 5 heteroatoms. The molecule has 0 bridgehead atoms. The standard InChI is InChI=1S/C13H15N3OS/c1-8-6-16(4-3-11(8)17)12-10-5-9(2)18-13(10)15-7-14-12/h5,7-8H,3-4,6H2,1-2H3. The van der Waals surface area contributed by atoms with Crippen LogP contribution in [0.3, 0.4) is 0 Å². The molecule has 0 radical (unpaired) electrons. The van der Waals surface area contributed by atoms with E-state index in [1.165, 1.54) is 4.88 Å². The molecule has 0 aliphatic carbocycles. The highest BCUT2D eigenvalue weighted by Crippen LogP contribution is 2.31. The molecule has 1 unspecified atom stereocenters. The fourth-order valence-electron chi connectivity index (χ4n) is 2.42. The van der Waals surface area contributed by atoms with E-state index in [9.17, 15) is 4.79 Å². The van der Waals surface area contributed by atoms with E-state index in [2.05, 4.69) is 27.9 Å². The third-order valence-electron chi connectivity index (χ3n) is 3.40. The first kappa shape index (κ1) is 11.6. The molecule has 0 amide bonds. The lowest BCUT2D eigenvalue weighted by Gasteiger charge is -2.31. The van der Waals surface area contributed by atoms with Gasteiger partial charge in [-0.05, 0) is 13.0 Å². The van der Waals surface area contributed by atoms with Crippen LogP contribution in [0.1, 0.15) is 18.2 Å². The summed E-state index contributed by atoms with van der Waals surface area (Å²) < 4.78 is 0. The topological polar surface area (TPSA) is 46.1 Å². The molecule has 1 aliphatic rings. The minimum Gasteiger partial charge on any atom is -0.355 e. The molecular formula is C13H15N3OS. The van der Waals surface area contributed by atoms with Crippen molar-refractivity contribution in [3.8, 4) is 0 Å². The molecule has 3 rings (SSSR count). The molecule has 4 nitrogen and oxygen atoms in total. The van der Waals surface area contributed by atoms with Crippen molar-refractivity contribution in [3.63, 3.8) is 0 Å². The number of carbonyl (C=O) groups excluding carboxylic acids is 1. The molecule has 0 saturated carbocycles. The second kappa shape index (κ2) is 4.31. The van der Waals surface area contributed by atoms with Crippen LogP contribution < -0.4 is 4.90 Å². The van der Waals surface area contributed by atoms with E-state index in [-0.39, 0.29) is 5.92 Å². The SMILES string of the molecule is Cc1cc2c(N3CCC(=O)C(C)C3)ncnc2s1. The van der Waals surface area contributed by atoms with Gasteiger partial charge in [0.1, 0.15) is 22.8 Å². The van der Waals surface area contributed by atoms with Gasteiger partial charge >= 0.3 is 0 Å². The number of rotatable bonds is 1. The first-order chi connectivity index (χ1) is 8.65. The van der Waals surface area contributed by atoms with Crippen LogP contribution in [0.4, 0.5) is 5.82 Å². The molecule has 1 atom stereocenters. The van der Waals surface area contributed by atoms with Crippen LogP contribution >= 0.6 is 11.3 Å². The van der Waals surface area contributed by atoms with Crippen LogP contribution in [0, 0.1) is 12.8 Å². The van der Waals surface area contributed by atoms with Crippen molar-refractivity contribution in [1.82, 2.24) is 9.97 Å². The van der Waals surface area contributed by atoms with Gasteiger partial charge in [-0.1, -0.05) is 6.92 Å². The Kier molecular flexibility index (Phi) is 2.78. The van der Waals surface area contributed by atoms with Crippen molar-refractivity contribution in [2.45, 2.75) is 20.3 Å². The largest absolute Gasteiger partial charge is 0.355 e. The van der Waals surface area contributed by atoms with E-state index >= 15 is 0 Å². The summed E-state index contributed by atoms with van der Waals surface area (Å²) >= 11 is 1.69. The molecule has 3 heterocycles. The Morgan fingerprint density at radius 1 is 1.44 bits per heavy atom. The zero-order valence-corrected chi connectivity index (χ0v) is 11.3. The highest BCUT2D eigenvalue weighted by Gasteiger charge is 2.25. The predicted molar refractivity (Wildman–Crippen MR) is 73.2 cm³/mol. The third kappa shape index (κ3) is 1.88. The molecule has 1 saturated heterocycles. The number of aromatic nitrogens is 2. The summed E-state index contributed by atoms with van der Waals surface area (Å²) in [7, 11) is 0. The Morgan fingerprint density at radius 2 is 2.28 bits per heavy atom. The number of carbonyl (C=O) groups is 1. The zero-order valence-electron chi connectivity index (χ0n) is 10.5.